The molecule has 5 heteroatoms. The van der Waals surface area contributed by atoms with Crippen molar-refractivity contribution in [2.45, 2.75) is 20.0 Å². The number of esters is 1. The number of ether oxygens (including phenoxy) is 3. The third kappa shape index (κ3) is 5.23. The Morgan fingerprint density at radius 1 is 0.828 bits per heavy atom. The maximum Gasteiger partial charge on any atom is 0.342 e. The standard InChI is InChI=1S/C24H22O5/c1-3-27-19-15-13-18(14-16-19)23(25)17(2)28-24(26)21-11-7-8-12-22(21)29-20-9-5-4-6-10-20/h4-17H,3H2,1-2H3/t17-/m0/s1. The molecule has 0 bridgehead atoms. The summed E-state index contributed by atoms with van der Waals surface area (Å²) in [7, 11) is 0. The van der Waals surface area contributed by atoms with E-state index in [1.54, 1.807) is 67.6 Å². The van der Waals surface area contributed by atoms with Gasteiger partial charge >= 0.3 is 5.97 Å². The summed E-state index contributed by atoms with van der Waals surface area (Å²) in [6.45, 7) is 3.99. The Bertz CT molecular complexity index is 964. The van der Waals surface area contributed by atoms with Crippen molar-refractivity contribution in [3.05, 3.63) is 90.0 Å². The van der Waals surface area contributed by atoms with Gasteiger partial charge in [-0.3, -0.25) is 4.79 Å². The third-order valence-corrected chi connectivity index (χ3v) is 4.18. The van der Waals surface area contributed by atoms with Crippen LogP contribution in [0.25, 0.3) is 0 Å². The summed E-state index contributed by atoms with van der Waals surface area (Å²) in [6, 6.07) is 22.7. The van der Waals surface area contributed by atoms with Gasteiger partial charge in [0.2, 0.25) is 5.78 Å². The molecule has 0 unspecified atom stereocenters. The molecule has 0 spiro atoms. The van der Waals surface area contributed by atoms with Gasteiger partial charge in [0.15, 0.2) is 6.10 Å². The fraction of sp³-hybridized carbons (Fsp3) is 0.167. The predicted octanol–water partition coefficient (Wildman–Crippen LogP) is 5.31. The van der Waals surface area contributed by atoms with Crippen molar-refractivity contribution in [1.82, 2.24) is 0 Å². The number of rotatable bonds is 8. The number of benzene rings is 3. The minimum Gasteiger partial charge on any atom is -0.494 e. The highest BCUT2D eigenvalue weighted by atomic mass is 16.5. The van der Waals surface area contributed by atoms with E-state index in [2.05, 4.69) is 0 Å². The number of carbonyl (C=O) groups excluding carboxylic acids is 2. The molecule has 0 amide bonds. The van der Waals surface area contributed by atoms with E-state index in [0.717, 1.165) is 0 Å². The van der Waals surface area contributed by atoms with Crippen LogP contribution < -0.4 is 9.47 Å². The molecule has 0 aliphatic carbocycles. The van der Waals surface area contributed by atoms with Crippen LogP contribution in [-0.4, -0.2) is 24.5 Å². The first-order valence-corrected chi connectivity index (χ1v) is 9.38. The predicted molar refractivity (Wildman–Crippen MR) is 110 cm³/mol. The molecule has 5 nitrogen and oxygen atoms in total. The molecule has 29 heavy (non-hydrogen) atoms. The van der Waals surface area contributed by atoms with Crippen molar-refractivity contribution in [3.63, 3.8) is 0 Å². The van der Waals surface area contributed by atoms with E-state index in [9.17, 15) is 9.59 Å². The molecule has 0 heterocycles. The molecule has 0 N–H and O–H groups in total. The largest absolute Gasteiger partial charge is 0.494 e. The summed E-state index contributed by atoms with van der Waals surface area (Å²) in [4.78, 5) is 25.3. The van der Waals surface area contributed by atoms with Gasteiger partial charge in [0, 0.05) is 5.56 Å². The second-order valence-corrected chi connectivity index (χ2v) is 6.28. The molecule has 0 aliphatic heterocycles. The molecule has 0 radical (unpaired) electrons. The Morgan fingerprint density at radius 3 is 2.17 bits per heavy atom. The summed E-state index contributed by atoms with van der Waals surface area (Å²) < 4.78 is 16.6. The first-order valence-electron chi connectivity index (χ1n) is 9.38. The molecule has 3 aromatic rings. The molecular weight excluding hydrogens is 368 g/mol. The van der Waals surface area contributed by atoms with Gasteiger partial charge in [-0.05, 0) is 62.4 Å². The number of hydrogen-bond donors (Lipinski definition) is 0. The third-order valence-electron chi connectivity index (χ3n) is 4.18. The van der Waals surface area contributed by atoms with Crippen molar-refractivity contribution in [3.8, 4) is 17.2 Å². The highest BCUT2D eigenvalue weighted by Crippen LogP contribution is 2.26. The lowest BCUT2D eigenvalue weighted by atomic mass is 10.1. The number of para-hydroxylation sites is 2. The van der Waals surface area contributed by atoms with Gasteiger partial charge in [-0.25, -0.2) is 4.79 Å². The molecule has 0 aliphatic rings. The first kappa shape index (κ1) is 20.1. The van der Waals surface area contributed by atoms with E-state index in [1.165, 1.54) is 0 Å². The lowest BCUT2D eigenvalue weighted by Gasteiger charge is -2.15. The van der Waals surface area contributed by atoms with Crippen LogP contribution in [0.15, 0.2) is 78.9 Å². The smallest absolute Gasteiger partial charge is 0.342 e. The van der Waals surface area contributed by atoms with Crippen molar-refractivity contribution < 1.29 is 23.8 Å². The summed E-state index contributed by atoms with van der Waals surface area (Å²) >= 11 is 0. The molecule has 0 saturated heterocycles. The van der Waals surface area contributed by atoms with E-state index in [-0.39, 0.29) is 11.3 Å². The second-order valence-electron chi connectivity index (χ2n) is 6.28. The molecule has 3 rings (SSSR count). The molecule has 0 saturated carbocycles. The van der Waals surface area contributed by atoms with Gasteiger partial charge in [-0.2, -0.15) is 0 Å². The van der Waals surface area contributed by atoms with Crippen LogP contribution >= 0.6 is 0 Å². The number of ketones is 1. The van der Waals surface area contributed by atoms with Crippen LogP contribution in [0.5, 0.6) is 17.2 Å². The lowest BCUT2D eigenvalue weighted by molar-refractivity contribution is 0.0316. The second kappa shape index (κ2) is 9.55. The molecule has 1 atom stereocenters. The summed E-state index contributed by atoms with van der Waals surface area (Å²) in [5, 5.41) is 0. The Kier molecular flexibility index (Phi) is 6.63. The van der Waals surface area contributed by atoms with Gasteiger partial charge in [-0.1, -0.05) is 30.3 Å². The normalized spacial score (nSPS) is 11.4. The minimum absolute atomic E-state index is 0.252. The van der Waals surface area contributed by atoms with E-state index in [1.807, 2.05) is 25.1 Å². The van der Waals surface area contributed by atoms with Crippen LogP contribution in [0.2, 0.25) is 0 Å². The molecule has 3 aromatic carbocycles. The minimum atomic E-state index is -0.940. The van der Waals surface area contributed by atoms with Crippen molar-refractivity contribution in [2.75, 3.05) is 6.61 Å². The average Bonchev–Trinajstić information content (AvgIpc) is 2.75. The molecule has 0 fully saturated rings. The SMILES string of the molecule is CCOc1ccc(C(=O)[C@H](C)OC(=O)c2ccccc2Oc2ccccc2)cc1. The van der Waals surface area contributed by atoms with Crippen LogP contribution in [0.4, 0.5) is 0 Å². The highest BCUT2D eigenvalue weighted by molar-refractivity contribution is 6.02. The fourth-order valence-corrected chi connectivity index (χ4v) is 2.73. The van der Waals surface area contributed by atoms with Crippen LogP contribution in [0.1, 0.15) is 34.6 Å². The van der Waals surface area contributed by atoms with Gasteiger partial charge in [0.25, 0.3) is 0 Å². The Hall–Kier alpha value is -3.60. The molecule has 0 aromatic heterocycles. The zero-order valence-corrected chi connectivity index (χ0v) is 16.3. The Morgan fingerprint density at radius 2 is 1.48 bits per heavy atom. The average molecular weight is 390 g/mol. The number of carbonyl (C=O) groups is 2. The van der Waals surface area contributed by atoms with E-state index in [0.29, 0.717) is 29.4 Å². The van der Waals surface area contributed by atoms with Gasteiger partial charge < -0.3 is 14.2 Å². The van der Waals surface area contributed by atoms with Crippen LogP contribution in [0.3, 0.4) is 0 Å². The summed E-state index contributed by atoms with van der Waals surface area (Å²) in [5.74, 6) is 0.738. The maximum atomic E-state index is 12.7. The monoisotopic (exact) mass is 390 g/mol. The Labute approximate surface area is 169 Å². The summed E-state index contributed by atoms with van der Waals surface area (Å²) in [5.41, 5.74) is 0.699. The van der Waals surface area contributed by atoms with Crippen molar-refractivity contribution in [2.24, 2.45) is 0 Å². The van der Waals surface area contributed by atoms with Gasteiger partial charge in [-0.15, -0.1) is 0 Å². The van der Waals surface area contributed by atoms with Crippen LogP contribution in [-0.2, 0) is 4.74 Å². The summed E-state index contributed by atoms with van der Waals surface area (Å²) in [6.07, 6.45) is -0.940. The van der Waals surface area contributed by atoms with E-state index >= 15 is 0 Å². The molecule has 148 valence electrons. The molecular formula is C24H22O5. The van der Waals surface area contributed by atoms with Gasteiger partial charge in [0.1, 0.15) is 22.8 Å². The van der Waals surface area contributed by atoms with Crippen LogP contribution in [0, 0.1) is 0 Å². The first-order chi connectivity index (χ1) is 14.1. The zero-order chi connectivity index (χ0) is 20.6. The fourth-order valence-electron chi connectivity index (χ4n) is 2.73. The van der Waals surface area contributed by atoms with Gasteiger partial charge in [0.05, 0.1) is 6.61 Å². The number of Topliss-reactive ketones (excluding diaryl/α,β-unsaturated/α-hetero) is 1. The quantitative estimate of drug-likeness (QED) is 0.385. The van der Waals surface area contributed by atoms with Crippen molar-refractivity contribution in [1.29, 1.82) is 0 Å². The zero-order valence-electron chi connectivity index (χ0n) is 16.3. The van der Waals surface area contributed by atoms with Crippen molar-refractivity contribution >= 4 is 11.8 Å². The maximum absolute atomic E-state index is 12.7. The lowest BCUT2D eigenvalue weighted by Crippen LogP contribution is -2.24. The van der Waals surface area contributed by atoms with E-state index in [4.69, 9.17) is 14.2 Å². The Balaban J connectivity index is 1.70. The topological polar surface area (TPSA) is 61.8 Å². The highest BCUT2D eigenvalue weighted by Gasteiger charge is 2.22. The number of hydrogen-bond acceptors (Lipinski definition) is 5. The van der Waals surface area contributed by atoms with E-state index < -0.39 is 12.1 Å².